The van der Waals surface area contributed by atoms with Crippen molar-refractivity contribution in [3.63, 3.8) is 0 Å². The number of carboxylic acid groups (broad SMARTS) is 2. The SMILES string of the molecule is N[C@H](C(=O)O)C1C(C(=O)O)C1C(=O)NNC(=O)c1ccccc1. The molecule has 23 heavy (non-hydrogen) atoms. The lowest BCUT2D eigenvalue weighted by Crippen LogP contribution is -2.43. The molecule has 0 spiro atoms. The van der Waals surface area contributed by atoms with E-state index in [4.69, 9.17) is 15.9 Å². The van der Waals surface area contributed by atoms with Crippen LogP contribution in [0.25, 0.3) is 0 Å². The minimum absolute atomic E-state index is 0.303. The Morgan fingerprint density at radius 1 is 1.00 bits per heavy atom. The molecule has 2 rings (SSSR count). The molecule has 0 radical (unpaired) electrons. The van der Waals surface area contributed by atoms with Gasteiger partial charge in [0, 0.05) is 11.5 Å². The van der Waals surface area contributed by atoms with E-state index in [0.29, 0.717) is 5.56 Å². The fraction of sp³-hybridized carbons (Fsp3) is 0.286. The van der Waals surface area contributed by atoms with Crippen molar-refractivity contribution in [2.45, 2.75) is 6.04 Å². The predicted molar refractivity (Wildman–Crippen MR) is 75.8 cm³/mol. The number of aliphatic carboxylic acids is 2. The Morgan fingerprint density at radius 3 is 2.13 bits per heavy atom. The van der Waals surface area contributed by atoms with Gasteiger partial charge >= 0.3 is 11.9 Å². The average molecular weight is 321 g/mol. The Labute approximate surface area is 130 Å². The van der Waals surface area contributed by atoms with E-state index in [-0.39, 0.29) is 0 Å². The highest BCUT2D eigenvalue weighted by Gasteiger charge is 2.63. The van der Waals surface area contributed by atoms with Crippen molar-refractivity contribution in [2.24, 2.45) is 23.5 Å². The molecule has 1 aliphatic rings. The Hall–Kier alpha value is -2.94. The summed E-state index contributed by atoms with van der Waals surface area (Å²) in [7, 11) is 0. The van der Waals surface area contributed by atoms with Crippen molar-refractivity contribution < 1.29 is 29.4 Å². The lowest BCUT2D eigenvalue weighted by Gasteiger charge is -2.08. The number of carbonyl (C=O) groups is 4. The molecular weight excluding hydrogens is 306 g/mol. The van der Waals surface area contributed by atoms with E-state index in [9.17, 15) is 19.2 Å². The van der Waals surface area contributed by atoms with Crippen LogP contribution in [0, 0.1) is 17.8 Å². The zero-order valence-corrected chi connectivity index (χ0v) is 11.8. The number of nitrogens with two attached hydrogens (primary N) is 1. The Morgan fingerprint density at radius 2 is 1.61 bits per heavy atom. The molecule has 0 aliphatic heterocycles. The molecule has 122 valence electrons. The normalized spacial score (nSPS) is 23.4. The van der Waals surface area contributed by atoms with Gasteiger partial charge in [-0.25, -0.2) is 0 Å². The summed E-state index contributed by atoms with van der Waals surface area (Å²) in [5.41, 5.74) is 9.95. The molecule has 1 aromatic rings. The number of hydrazine groups is 1. The van der Waals surface area contributed by atoms with Gasteiger partial charge in [0.25, 0.3) is 5.91 Å². The number of benzene rings is 1. The van der Waals surface area contributed by atoms with Crippen LogP contribution in [-0.4, -0.2) is 40.0 Å². The van der Waals surface area contributed by atoms with Crippen LogP contribution in [-0.2, 0) is 14.4 Å². The van der Waals surface area contributed by atoms with Crippen LogP contribution in [0.2, 0.25) is 0 Å². The quantitative estimate of drug-likeness (QED) is 0.426. The summed E-state index contributed by atoms with van der Waals surface area (Å²) in [6.45, 7) is 0. The number of nitrogens with one attached hydrogen (secondary N) is 2. The minimum atomic E-state index is -1.46. The van der Waals surface area contributed by atoms with Crippen molar-refractivity contribution >= 4 is 23.8 Å². The van der Waals surface area contributed by atoms with E-state index < -0.39 is 47.5 Å². The summed E-state index contributed by atoms with van der Waals surface area (Å²) in [6, 6.07) is 6.59. The second-order valence-electron chi connectivity index (χ2n) is 5.14. The molecule has 1 aliphatic carbocycles. The number of amides is 2. The predicted octanol–water partition coefficient (Wildman–Crippen LogP) is -1.19. The molecule has 1 saturated carbocycles. The van der Waals surface area contributed by atoms with Crippen molar-refractivity contribution in [3.05, 3.63) is 35.9 Å². The van der Waals surface area contributed by atoms with Gasteiger partial charge in [-0.1, -0.05) is 18.2 Å². The van der Waals surface area contributed by atoms with Crippen molar-refractivity contribution in [1.29, 1.82) is 0 Å². The molecule has 9 heteroatoms. The molecule has 4 atom stereocenters. The van der Waals surface area contributed by atoms with Crippen LogP contribution in [0.15, 0.2) is 30.3 Å². The maximum Gasteiger partial charge on any atom is 0.320 e. The third kappa shape index (κ3) is 3.46. The van der Waals surface area contributed by atoms with Gasteiger partial charge in [-0.15, -0.1) is 0 Å². The molecule has 1 fully saturated rings. The zero-order valence-electron chi connectivity index (χ0n) is 11.8. The van der Waals surface area contributed by atoms with Gasteiger partial charge in [0.15, 0.2) is 0 Å². The fourth-order valence-corrected chi connectivity index (χ4v) is 2.47. The third-order valence-electron chi connectivity index (χ3n) is 3.70. The Kier molecular flexibility index (Phi) is 4.60. The topological polar surface area (TPSA) is 159 Å². The minimum Gasteiger partial charge on any atom is -0.481 e. The van der Waals surface area contributed by atoms with Crippen molar-refractivity contribution in [1.82, 2.24) is 10.9 Å². The van der Waals surface area contributed by atoms with Gasteiger partial charge in [-0.05, 0) is 12.1 Å². The summed E-state index contributed by atoms with van der Waals surface area (Å²) in [5.74, 6) is -7.36. The molecule has 0 saturated heterocycles. The van der Waals surface area contributed by atoms with E-state index in [2.05, 4.69) is 10.9 Å². The Bertz CT molecular complexity index is 647. The van der Waals surface area contributed by atoms with Gasteiger partial charge in [0.05, 0.1) is 11.8 Å². The first-order valence-corrected chi connectivity index (χ1v) is 6.71. The van der Waals surface area contributed by atoms with Crippen LogP contribution in [0.5, 0.6) is 0 Å². The maximum atomic E-state index is 12.0. The molecule has 9 nitrogen and oxygen atoms in total. The molecular formula is C14H15N3O6. The van der Waals surface area contributed by atoms with Gasteiger partial charge in [-0.2, -0.15) is 0 Å². The van der Waals surface area contributed by atoms with Gasteiger partial charge < -0.3 is 15.9 Å². The molecule has 6 N–H and O–H groups in total. The van der Waals surface area contributed by atoms with Crippen molar-refractivity contribution in [2.75, 3.05) is 0 Å². The smallest absolute Gasteiger partial charge is 0.320 e. The summed E-state index contributed by atoms with van der Waals surface area (Å²) in [5, 5.41) is 17.9. The van der Waals surface area contributed by atoms with Gasteiger partial charge in [0.1, 0.15) is 6.04 Å². The molecule has 0 bridgehead atoms. The first-order valence-electron chi connectivity index (χ1n) is 6.71. The fourth-order valence-electron chi connectivity index (χ4n) is 2.47. The van der Waals surface area contributed by atoms with Crippen LogP contribution in [0.3, 0.4) is 0 Å². The highest BCUT2D eigenvalue weighted by atomic mass is 16.4. The maximum absolute atomic E-state index is 12.0. The number of hydrogen-bond acceptors (Lipinski definition) is 5. The summed E-state index contributed by atoms with van der Waals surface area (Å²) in [4.78, 5) is 45.6. The Balaban J connectivity index is 1.96. The second-order valence-corrected chi connectivity index (χ2v) is 5.14. The van der Waals surface area contributed by atoms with Gasteiger partial charge in [-0.3, -0.25) is 30.0 Å². The van der Waals surface area contributed by atoms with E-state index in [1.165, 1.54) is 12.1 Å². The average Bonchev–Trinajstić information content (AvgIpc) is 3.28. The van der Waals surface area contributed by atoms with E-state index in [0.717, 1.165) is 0 Å². The highest BCUT2D eigenvalue weighted by molar-refractivity contribution is 5.97. The number of carboxylic acids is 2. The summed E-state index contributed by atoms with van der Waals surface area (Å²) >= 11 is 0. The molecule has 0 aromatic heterocycles. The van der Waals surface area contributed by atoms with E-state index in [1.54, 1.807) is 18.2 Å². The molecule has 0 heterocycles. The third-order valence-corrected chi connectivity index (χ3v) is 3.70. The monoisotopic (exact) mass is 321 g/mol. The highest BCUT2D eigenvalue weighted by Crippen LogP contribution is 2.48. The van der Waals surface area contributed by atoms with Crippen LogP contribution >= 0.6 is 0 Å². The first-order chi connectivity index (χ1) is 10.8. The molecule has 2 amide bonds. The molecule has 1 aromatic carbocycles. The second kappa shape index (κ2) is 6.44. The lowest BCUT2D eigenvalue weighted by molar-refractivity contribution is -0.141. The molecule has 3 unspecified atom stereocenters. The largest absolute Gasteiger partial charge is 0.481 e. The first kappa shape index (κ1) is 16.4. The lowest BCUT2D eigenvalue weighted by atomic mass is 10.1. The number of carbonyl (C=O) groups excluding carboxylic acids is 2. The van der Waals surface area contributed by atoms with Crippen LogP contribution < -0.4 is 16.6 Å². The summed E-state index contributed by atoms with van der Waals surface area (Å²) in [6.07, 6.45) is 0. The van der Waals surface area contributed by atoms with E-state index in [1.807, 2.05) is 0 Å². The van der Waals surface area contributed by atoms with Crippen molar-refractivity contribution in [3.8, 4) is 0 Å². The number of rotatable bonds is 5. The number of hydrogen-bond donors (Lipinski definition) is 5. The van der Waals surface area contributed by atoms with Crippen LogP contribution in [0.1, 0.15) is 10.4 Å². The summed E-state index contributed by atoms with van der Waals surface area (Å²) < 4.78 is 0. The zero-order chi connectivity index (χ0) is 17.1. The van der Waals surface area contributed by atoms with Crippen LogP contribution in [0.4, 0.5) is 0 Å². The standard InChI is InChI=1S/C14H15N3O6/c15-10(14(22)23)7-8(9(7)13(20)21)12(19)17-16-11(18)6-4-2-1-3-5-6/h1-5,7-10H,15H2,(H,16,18)(H,17,19)(H,20,21)(H,22,23)/t7?,8?,9?,10-/m0/s1. The van der Waals surface area contributed by atoms with E-state index >= 15 is 0 Å². The van der Waals surface area contributed by atoms with Gasteiger partial charge in [0.2, 0.25) is 5.91 Å².